The number of carboxylic acid groups (broad SMARTS) is 1. The second-order valence-electron chi connectivity index (χ2n) is 3.47. The highest BCUT2D eigenvalue weighted by Crippen LogP contribution is 2.00. The molecular weight excluding hydrogens is 228 g/mol. The maximum absolute atomic E-state index is 11.5. The molecule has 1 aromatic rings. The molecule has 8 nitrogen and oxygen atoms in total. The highest BCUT2D eigenvalue weighted by molar-refractivity contribution is 5.96. The van der Waals surface area contributed by atoms with E-state index in [0.717, 1.165) is 0 Å². The van der Waals surface area contributed by atoms with Crippen LogP contribution >= 0.6 is 0 Å². The topological polar surface area (TPSA) is 138 Å². The van der Waals surface area contributed by atoms with E-state index in [2.05, 4.69) is 15.5 Å². The second-order valence-corrected chi connectivity index (χ2v) is 3.47. The van der Waals surface area contributed by atoms with Gasteiger partial charge < -0.3 is 16.2 Å². The molecule has 0 fully saturated rings. The van der Waals surface area contributed by atoms with Crippen LogP contribution in [0, 0.1) is 6.92 Å². The number of primary amides is 1. The van der Waals surface area contributed by atoms with Crippen LogP contribution in [0.4, 0.5) is 0 Å². The van der Waals surface area contributed by atoms with Gasteiger partial charge in [-0.1, -0.05) is 0 Å². The molecule has 8 heteroatoms. The number of carbonyl (C=O) groups excluding carboxylic acids is 2. The average molecular weight is 240 g/mol. The molecule has 1 heterocycles. The van der Waals surface area contributed by atoms with Crippen LogP contribution in [0.3, 0.4) is 0 Å². The Labute approximate surface area is 96.2 Å². The minimum atomic E-state index is -1.35. The van der Waals surface area contributed by atoms with Crippen LogP contribution in [0.2, 0.25) is 0 Å². The maximum Gasteiger partial charge on any atom is 0.326 e. The smallest absolute Gasteiger partial charge is 0.326 e. The summed E-state index contributed by atoms with van der Waals surface area (Å²) in [5.74, 6) is -2.82. The van der Waals surface area contributed by atoms with E-state index in [-0.39, 0.29) is 5.69 Å². The van der Waals surface area contributed by atoms with Gasteiger partial charge in [-0.15, -0.1) is 0 Å². The Morgan fingerprint density at radius 3 is 2.65 bits per heavy atom. The van der Waals surface area contributed by atoms with Crippen molar-refractivity contribution in [3.8, 4) is 0 Å². The number of carboxylic acids is 1. The normalized spacial score (nSPS) is 11.8. The summed E-state index contributed by atoms with van der Waals surface area (Å²) in [5, 5.41) is 17.1. The molecule has 0 spiro atoms. The molecule has 0 aliphatic carbocycles. The predicted octanol–water partition coefficient (Wildman–Crippen LogP) is -1.22. The molecule has 0 unspecified atom stereocenters. The second kappa shape index (κ2) is 5.10. The monoisotopic (exact) mass is 240 g/mol. The van der Waals surface area contributed by atoms with Crippen LogP contribution in [-0.4, -0.2) is 39.1 Å². The molecule has 0 saturated carbocycles. The van der Waals surface area contributed by atoms with Gasteiger partial charge in [0, 0.05) is 5.69 Å². The molecule has 0 bridgehead atoms. The van der Waals surface area contributed by atoms with Gasteiger partial charge in [-0.05, 0) is 13.0 Å². The first-order chi connectivity index (χ1) is 7.90. The van der Waals surface area contributed by atoms with Crippen molar-refractivity contribution >= 4 is 17.8 Å². The number of hydrogen-bond acceptors (Lipinski definition) is 4. The van der Waals surface area contributed by atoms with Crippen LogP contribution in [-0.2, 0) is 9.59 Å². The average Bonchev–Trinajstić information content (AvgIpc) is 2.63. The van der Waals surface area contributed by atoms with E-state index in [4.69, 9.17) is 10.8 Å². The number of H-pyrrole nitrogens is 1. The van der Waals surface area contributed by atoms with Gasteiger partial charge in [0.25, 0.3) is 5.91 Å². The van der Waals surface area contributed by atoms with Gasteiger partial charge in [-0.3, -0.25) is 14.7 Å². The van der Waals surface area contributed by atoms with E-state index in [9.17, 15) is 14.4 Å². The van der Waals surface area contributed by atoms with Crippen molar-refractivity contribution in [1.29, 1.82) is 0 Å². The van der Waals surface area contributed by atoms with Crippen molar-refractivity contribution in [1.82, 2.24) is 15.5 Å². The highest BCUT2D eigenvalue weighted by Gasteiger charge is 2.23. The van der Waals surface area contributed by atoms with Crippen LogP contribution < -0.4 is 11.1 Å². The summed E-state index contributed by atoms with van der Waals surface area (Å²) in [6.07, 6.45) is -0.468. The Morgan fingerprint density at radius 1 is 1.59 bits per heavy atom. The number of aromatic nitrogens is 2. The molecule has 92 valence electrons. The summed E-state index contributed by atoms with van der Waals surface area (Å²) in [6, 6.07) is 0.107. The molecular formula is C9H12N4O4. The number of nitrogens with zero attached hydrogens (tertiary/aromatic N) is 1. The van der Waals surface area contributed by atoms with E-state index >= 15 is 0 Å². The van der Waals surface area contributed by atoms with Crippen molar-refractivity contribution in [3.63, 3.8) is 0 Å². The molecule has 1 rings (SSSR count). The minimum absolute atomic E-state index is 0.0539. The number of aryl methyl sites for hydroxylation is 1. The van der Waals surface area contributed by atoms with E-state index in [1.54, 1.807) is 6.92 Å². The molecule has 1 atom stereocenters. The van der Waals surface area contributed by atoms with E-state index in [0.29, 0.717) is 5.69 Å². The summed E-state index contributed by atoms with van der Waals surface area (Å²) in [7, 11) is 0. The number of nitrogens with two attached hydrogens (primary N) is 1. The lowest BCUT2D eigenvalue weighted by Gasteiger charge is -2.11. The fourth-order valence-electron chi connectivity index (χ4n) is 1.17. The predicted molar refractivity (Wildman–Crippen MR) is 56.0 cm³/mol. The van der Waals surface area contributed by atoms with Crippen molar-refractivity contribution in [2.75, 3.05) is 0 Å². The van der Waals surface area contributed by atoms with Gasteiger partial charge in [-0.25, -0.2) is 4.79 Å². The molecule has 0 aromatic carbocycles. The zero-order valence-electron chi connectivity index (χ0n) is 9.06. The zero-order chi connectivity index (χ0) is 13.0. The van der Waals surface area contributed by atoms with Crippen molar-refractivity contribution < 1.29 is 19.5 Å². The summed E-state index contributed by atoms with van der Waals surface area (Å²) >= 11 is 0. The van der Waals surface area contributed by atoms with Crippen LogP contribution in [0.5, 0.6) is 0 Å². The number of rotatable bonds is 5. The third-order valence-electron chi connectivity index (χ3n) is 1.95. The quantitative estimate of drug-likeness (QED) is 0.510. The lowest BCUT2D eigenvalue weighted by Crippen LogP contribution is -2.43. The van der Waals surface area contributed by atoms with Gasteiger partial charge >= 0.3 is 5.97 Å². The number of aromatic amines is 1. The SMILES string of the molecule is Cc1cc(C(=O)N[C@H](CC(N)=O)C(=O)O)n[nH]1. The molecule has 5 N–H and O–H groups in total. The summed E-state index contributed by atoms with van der Waals surface area (Å²) in [5.41, 5.74) is 5.59. The molecule has 2 amide bonds. The Morgan fingerprint density at radius 2 is 2.24 bits per heavy atom. The molecule has 0 saturated heterocycles. The number of carbonyl (C=O) groups is 3. The number of hydrogen-bond donors (Lipinski definition) is 4. The first-order valence-electron chi connectivity index (χ1n) is 4.74. The standard InChI is InChI=1S/C9H12N4O4/c1-4-2-5(13-12-4)8(15)11-6(9(16)17)3-7(10)14/h2,6H,3H2,1H3,(H2,10,14)(H,11,15)(H,12,13)(H,16,17)/t6-/m1/s1. The summed E-state index contributed by atoms with van der Waals surface area (Å²) in [4.78, 5) is 32.9. The Balaban J connectivity index is 2.70. The van der Waals surface area contributed by atoms with E-state index < -0.39 is 30.2 Å². The van der Waals surface area contributed by atoms with Crippen LogP contribution in [0.25, 0.3) is 0 Å². The molecule has 17 heavy (non-hydrogen) atoms. The van der Waals surface area contributed by atoms with Crippen molar-refractivity contribution in [2.24, 2.45) is 5.73 Å². The number of amides is 2. The largest absolute Gasteiger partial charge is 0.480 e. The zero-order valence-corrected chi connectivity index (χ0v) is 9.06. The van der Waals surface area contributed by atoms with Crippen LogP contribution in [0.15, 0.2) is 6.07 Å². The minimum Gasteiger partial charge on any atom is -0.480 e. The van der Waals surface area contributed by atoms with Gasteiger partial charge in [0.05, 0.1) is 6.42 Å². The van der Waals surface area contributed by atoms with Crippen LogP contribution in [0.1, 0.15) is 22.6 Å². The van der Waals surface area contributed by atoms with E-state index in [1.807, 2.05) is 0 Å². The lowest BCUT2D eigenvalue weighted by atomic mass is 10.2. The van der Waals surface area contributed by atoms with Gasteiger partial charge in [0.1, 0.15) is 11.7 Å². The summed E-state index contributed by atoms with van der Waals surface area (Å²) in [6.45, 7) is 1.70. The van der Waals surface area contributed by atoms with Gasteiger partial charge in [-0.2, -0.15) is 5.10 Å². The number of nitrogens with one attached hydrogen (secondary N) is 2. The molecule has 0 aliphatic heterocycles. The maximum atomic E-state index is 11.5. The molecule has 0 radical (unpaired) electrons. The fraction of sp³-hybridized carbons (Fsp3) is 0.333. The van der Waals surface area contributed by atoms with Crippen molar-refractivity contribution in [2.45, 2.75) is 19.4 Å². The first-order valence-corrected chi connectivity index (χ1v) is 4.74. The number of aliphatic carboxylic acids is 1. The fourth-order valence-corrected chi connectivity index (χ4v) is 1.17. The van der Waals surface area contributed by atoms with E-state index in [1.165, 1.54) is 6.07 Å². The molecule has 0 aliphatic rings. The van der Waals surface area contributed by atoms with Gasteiger partial charge in [0.15, 0.2) is 0 Å². The first kappa shape index (κ1) is 12.7. The third kappa shape index (κ3) is 3.59. The lowest BCUT2D eigenvalue weighted by molar-refractivity contribution is -0.140. The molecule has 1 aromatic heterocycles. The third-order valence-corrected chi connectivity index (χ3v) is 1.95. The van der Waals surface area contributed by atoms with Gasteiger partial charge in [0.2, 0.25) is 5.91 Å². The Hall–Kier alpha value is -2.38. The van der Waals surface area contributed by atoms with Crippen molar-refractivity contribution in [3.05, 3.63) is 17.5 Å². The Bertz CT molecular complexity index is 454. The Kier molecular flexibility index (Phi) is 3.81. The highest BCUT2D eigenvalue weighted by atomic mass is 16.4. The summed E-state index contributed by atoms with van der Waals surface area (Å²) < 4.78 is 0.